The predicted octanol–water partition coefficient (Wildman–Crippen LogP) is 5.54. The second-order valence-corrected chi connectivity index (χ2v) is 6.92. The van der Waals surface area contributed by atoms with E-state index in [1.807, 2.05) is 0 Å². The average molecular weight is 475 g/mol. The van der Waals surface area contributed by atoms with E-state index in [1.54, 1.807) is 0 Å². The van der Waals surface area contributed by atoms with Gasteiger partial charge in [0, 0.05) is 32.2 Å². The van der Waals surface area contributed by atoms with Crippen LogP contribution in [0.25, 0.3) is 0 Å². The minimum atomic E-state index is 0. The molecule has 0 saturated carbocycles. The van der Waals surface area contributed by atoms with Crippen molar-refractivity contribution in [1.82, 2.24) is 0 Å². The molecule has 110 valence electrons. The fraction of sp³-hybridized carbons (Fsp3) is 0.600. The molecule has 0 amide bonds. The van der Waals surface area contributed by atoms with Gasteiger partial charge >= 0.3 is 0 Å². The third-order valence-corrected chi connectivity index (χ3v) is 3.08. The van der Waals surface area contributed by atoms with E-state index in [2.05, 4.69) is 60.6 Å². The van der Waals surface area contributed by atoms with Gasteiger partial charge in [0.2, 0.25) is 0 Å². The first-order chi connectivity index (χ1) is 7.57. The Morgan fingerprint density at radius 3 is 1.42 bits per heavy atom. The molecule has 4 heteroatoms. The Labute approximate surface area is 143 Å². The molecular formula is C15H24Cl2OW. The van der Waals surface area contributed by atoms with Gasteiger partial charge in [0.05, 0.1) is 0 Å². The molecule has 0 spiro atoms. The van der Waals surface area contributed by atoms with Crippen molar-refractivity contribution in [2.75, 3.05) is 0 Å². The molecule has 0 aromatic heterocycles. The summed E-state index contributed by atoms with van der Waals surface area (Å²) in [7, 11) is 0. The molecule has 19 heavy (non-hydrogen) atoms. The molecule has 1 rings (SSSR count). The van der Waals surface area contributed by atoms with Crippen LogP contribution in [0.5, 0.6) is 5.75 Å². The van der Waals surface area contributed by atoms with E-state index in [1.165, 1.54) is 5.56 Å². The Balaban J connectivity index is 0. The first-order valence-electron chi connectivity index (χ1n) is 6.01. The third-order valence-electron chi connectivity index (χ3n) is 2.93. The zero-order chi connectivity index (χ0) is 13.4. The van der Waals surface area contributed by atoms with Gasteiger partial charge in [-0.05, 0) is 17.8 Å². The van der Waals surface area contributed by atoms with E-state index in [4.69, 9.17) is 16.2 Å². The molecule has 0 N–H and O–H groups in total. The molecule has 0 unspecified atom stereocenters. The van der Waals surface area contributed by atoms with Gasteiger partial charge in [0.25, 0.3) is 0 Å². The summed E-state index contributed by atoms with van der Waals surface area (Å²) in [5.41, 5.74) is 3.62. The minimum Gasteiger partial charge on any atom is -0.385 e. The predicted molar refractivity (Wildman–Crippen MR) is 82.3 cm³/mol. The third kappa shape index (κ3) is 5.29. The summed E-state index contributed by atoms with van der Waals surface area (Å²) in [6, 6.07) is 4.32. The molecular weight excluding hydrogens is 451 g/mol. The van der Waals surface area contributed by atoms with Crippen LogP contribution in [0.1, 0.15) is 58.2 Å². The van der Waals surface area contributed by atoms with E-state index in [0.29, 0.717) is 0 Å². The van der Waals surface area contributed by atoms with Crippen LogP contribution < -0.4 is 4.29 Å². The van der Waals surface area contributed by atoms with Crippen molar-refractivity contribution >= 4 is 24.3 Å². The molecule has 0 aliphatic carbocycles. The second kappa shape index (κ2) is 7.34. The number of aryl methyl sites for hydroxylation is 1. The van der Waals surface area contributed by atoms with Crippen molar-refractivity contribution in [2.24, 2.45) is 0 Å². The molecule has 0 aliphatic rings. The summed E-state index contributed by atoms with van der Waals surface area (Å²) in [6.45, 7) is 15.2. The summed E-state index contributed by atoms with van der Waals surface area (Å²) in [5.74, 6) is 0.817. The van der Waals surface area contributed by atoms with E-state index < -0.39 is 0 Å². The van der Waals surface area contributed by atoms with Gasteiger partial charge in [-0.3, -0.25) is 0 Å². The van der Waals surface area contributed by atoms with Crippen LogP contribution in [-0.2, 0) is 31.9 Å². The quantitative estimate of drug-likeness (QED) is 0.519. The van der Waals surface area contributed by atoms with Crippen LogP contribution in [0.15, 0.2) is 12.1 Å². The standard InChI is InChI=1S/C15H23ClO.ClH.W/c1-10-8-11(14(2,3)4)13(17-16)12(9-10)15(5,6)7;;/h8-9H,1-7H3;1H;. The maximum Gasteiger partial charge on any atom is 0.153 e. The molecule has 0 heterocycles. The van der Waals surface area contributed by atoms with Crippen molar-refractivity contribution in [2.45, 2.75) is 59.3 Å². The monoisotopic (exact) mass is 474 g/mol. The number of benzene rings is 1. The molecule has 1 aromatic rings. The minimum absolute atomic E-state index is 0. The Morgan fingerprint density at radius 1 is 0.895 bits per heavy atom. The normalized spacial score (nSPS) is 11.4. The molecule has 1 nitrogen and oxygen atoms in total. The topological polar surface area (TPSA) is 9.23 Å². The average Bonchev–Trinajstić information content (AvgIpc) is 2.13. The summed E-state index contributed by atoms with van der Waals surface area (Å²) in [5, 5.41) is 0. The summed E-state index contributed by atoms with van der Waals surface area (Å²) in [6.07, 6.45) is 0. The molecule has 0 fully saturated rings. The number of hydrogen-bond acceptors (Lipinski definition) is 1. The Bertz CT molecular complexity index is 382. The Kier molecular flexibility index (Phi) is 8.34. The van der Waals surface area contributed by atoms with E-state index in [-0.39, 0.29) is 44.3 Å². The van der Waals surface area contributed by atoms with E-state index >= 15 is 0 Å². The Morgan fingerprint density at radius 2 is 1.21 bits per heavy atom. The van der Waals surface area contributed by atoms with Gasteiger partial charge < -0.3 is 4.29 Å². The van der Waals surface area contributed by atoms with Crippen LogP contribution in [0.2, 0.25) is 0 Å². The van der Waals surface area contributed by atoms with Crippen LogP contribution >= 0.6 is 24.3 Å². The van der Waals surface area contributed by atoms with Gasteiger partial charge in [0.1, 0.15) is 11.9 Å². The summed E-state index contributed by atoms with van der Waals surface area (Å²) >= 11 is 5.70. The number of rotatable bonds is 1. The first kappa shape index (κ1) is 21.6. The maximum absolute atomic E-state index is 5.70. The van der Waals surface area contributed by atoms with Crippen molar-refractivity contribution in [3.63, 3.8) is 0 Å². The smallest absolute Gasteiger partial charge is 0.153 e. The van der Waals surface area contributed by atoms with Crippen molar-refractivity contribution in [3.8, 4) is 5.75 Å². The molecule has 0 atom stereocenters. The SMILES string of the molecule is Cc1cc(C(C)(C)C)c(OCl)c(C(C)(C)C)c1.Cl.[W]. The molecule has 0 saturated heterocycles. The van der Waals surface area contributed by atoms with Crippen LogP contribution in [-0.4, -0.2) is 0 Å². The second-order valence-electron chi connectivity index (χ2n) is 6.77. The van der Waals surface area contributed by atoms with Crippen LogP contribution in [0.3, 0.4) is 0 Å². The van der Waals surface area contributed by atoms with Crippen molar-refractivity contribution in [1.29, 1.82) is 0 Å². The van der Waals surface area contributed by atoms with Crippen molar-refractivity contribution < 1.29 is 25.4 Å². The molecule has 0 aliphatic heterocycles. The summed E-state index contributed by atoms with van der Waals surface area (Å²) in [4.78, 5) is 0. The Hall–Kier alpha value is 0.288. The van der Waals surface area contributed by atoms with E-state index in [0.717, 1.165) is 16.9 Å². The largest absolute Gasteiger partial charge is 0.385 e. The zero-order valence-corrected chi connectivity index (χ0v) is 17.3. The fourth-order valence-corrected chi connectivity index (χ4v) is 2.14. The van der Waals surface area contributed by atoms with Gasteiger partial charge in [-0.1, -0.05) is 59.2 Å². The molecule has 1 aromatic carbocycles. The fourth-order valence-electron chi connectivity index (χ4n) is 1.97. The summed E-state index contributed by atoms with van der Waals surface area (Å²) < 4.78 is 5.16. The van der Waals surface area contributed by atoms with Gasteiger partial charge in [0.15, 0.2) is 5.75 Å². The molecule has 0 bridgehead atoms. The van der Waals surface area contributed by atoms with Gasteiger partial charge in [-0.15, -0.1) is 12.4 Å². The zero-order valence-electron chi connectivity index (χ0n) is 12.8. The molecule has 0 radical (unpaired) electrons. The number of halogens is 2. The van der Waals surface area contributed by atoms with Crippen LogP contribution in [0.4, 0.5) is 0 Å². The van der Waals surface area contributed by atoms with Gasteiger partial charge in [-0.25, -0.2) is 0 Å². The van der Waals surface area contributed by atoms with Crippen molar-refractivity contribution in [3.05, 3.63) is 28.8 Å². The maximum atomic E-state index is 5.70. The van der Waals surface area contributed by atoms with Crippen LogP contribution in [0, 0.1) is 6.92 Å². The van der Waals surface area contributed by atoms with Gasteiger partial charge in [-0.2, -0.15) is 0 Å². The van der Waals surface area contributed by atoms with E-state index in [9.17, 15) is 0 Å². The number of hydrogen-bond donors (Lipinski definition) is 0. The first-order valence-corrected chi connectivity index (χ1v) is 6.32.